The molecule has 0 spiro atoms. The molecule has 0 amide bonds. The second-order valence-corrected chi connectivity index (χ2v) is 5.15. The van der Waals surface area contributed by atoms with Gasteiger partial charge in [0.1, 0.15) is 0 Å². The highest BCUT2D eigenvalue weighted by Gasteiger charge is 1.98. The van der Waals surface area contributed by atoms with E-state index in [4.69, 9.17) is 0 Å². The maximum Gasteiger partial charge on any atom is 0.0903 e. The highest BCUT2D eigenvalue weighted by Crippen LogP contribution is 1.87. The van der Waals surface area contributed by atoms with E-state index in [9.17, 15) is 0 Å². The van der Waals surface area contributed by atoms with E-state index in [1.54, 1.807) is 0 Å². The van der Waals surface area contributed by atoms with Crippen molar-refractivity contribution in [3.63, 3.8) is 0 Å². The van der Waals surface area contributed by atoms with Gasteiger partial charge in [-0.25, -0.2) is 0 Å². The first-order valence-corrected chi connectivity index (χ1v) is 5.92. The van der Waals surface area contributed by atoms with Crippen LogP contribution in [0, 0.1) is 0 Å². The van der Waals surface area contributed by atoms with Gasteiger partial charge < -0.3 is 0 Å². The fraction of sp³-hybridized carbons (Fsp3) is 0.111. The van der Waals surface area contributed by atoms with E-state index in [1.165, 1.54) is 5.19 Å². The second kappa shape index (κ2) is 3.37. The molecule has 0 aliphatic heterocycles. The van der Waals surface area contributed by atoms with Gasteiger partial charge in [-0.1, -0.05) is 42.1 Å². The van der Waals surface area contributed by atoms with Gasteiger partial charge in [0.2, 0.25) is 0 Å². The summed E-state index contributed by atoms with van der Waals surface area (Å²) in [5, 5.41) is 1.47. The van der Waals surface area contributed by atoms with Crippen molar-refractivity contribution < 1.29 is 0 Å². The highest BCUT2D eigenvalue weighted by molar-refractivity contribution is 6.76. The van der Waals surface area contributed by atoms with Gasteiger partial charge in [-0.2, -0.15) is 0 Å². The molecule has 0 fully saturated rings. The minimum Gasteiger partial charge on any atom is -0.107 e. The standard InChI is InChI=1S/C9H12Si/c1-3-10(2)9-7-5-4-6-8-9/h3-8,10H,1H2,2H3/t10-/m1/s1. The molecule has 0 bridgehead atoms. The zero-order valence-electron chi connectivity index (χ0n) is 6.25. The summed E-state index contributed by atoms with van der Waals surface area (Å²) in [6, 6.07) is 10.6. The summed E-state index contributed by atoms with van der Waals surface area (Å²) in [4.78, 5) is 0. The number of hydrogen-bond donors (Lipinski definition) is 0. The topological polar surface area (TPSA) is 0 Å². The molecule has 1 atom stereocenters. The third kappa shape index (κ3) is 1.58. The van der Waals surface area contributed by atoms with Gasteiger partial charge in [0.25, 0.3) is 0 Å². The molecular weight excluding hydrogens is 136 g/mol. The van der Waals surface area contributed by atoms with Crippen LogP contribution in [-0.4, -0.2) is 8.80 Å². The van der Waals surface area contributed by atoms with Crippen molar-refractivity contribution in [3.8, 4) is 0 Å². The molecule has 0 N–H and O–H groups in total. The third-order valence-electron chi connectivity index (χ3n) is 1.68. The van der Waals surface area contributed by atoms with Crippen LogP contribution in [0.25, 0.3) is 0 Å². The smallest absolute Gasteiger partial charge is 0.0903 e. The average Bonchev–Trinajstić information content (AvgIpc) is 2.05. The molecule has 1 heteroatoms. The molecule has 10 heavy (non-hydrogen) atoms. The van der Waals surface area contributed by atoms with Crippen molar-refractivity contribution in [2.75, 3.05) is 0 Å². The molecule has 0 unspecified atom stereocenters. The van der Waals surface area contributed by atoms with Crippen LogP contribution in [-0.2, 0) is 0 Å². The van der Waals surface area contributed by atoms with Crippen LogP contribution in [0.2, 0.25) is 6.55 Å². The fourth-order valence-corrected chi connectivity index (χ4v) is 1.99. The van der Waals surface area contributed by atoms with E-state index in [0.29, 0.717) is 0 Å². The molecule has 0 aliphatic carbocycles. The van der Waals surface area contributed by atoms with Crippen molar-refractivity contribution in [1.29, 1.82) is 0 Å². The molecule has 1 rings (SSSR count). The van der Waals surface area contributed by atoms with E-state index in [2.05, 4.69) is 43.1 Å². The van der Waals surface area contributed by atoms with Crippen molar-refractivity contribution in [1.82, 2.24) is 0 Å². The quantitative estimate of drug-likeness (QED) is 0.557. The van der Waals surface area contributed by atoms with Gasteiger partial charge in [-0.3, -0.25) is 0 Å². The minimum absolute atomic E-state index is 0.776. The molecule has 1 aromatic carbocycles. The molecule has 52 valence electrons. The zero-order chi connectivity index (χ0) is 7.40. The average molecular weight is 148 g/mol. The monoisotopic (exact) mass is 148 g/mol. The predicted octanol–water partition coefficient (Wildman–Crippen LogP) is 1.48. The largest absolute Gasteiger partial charge is 0.107 e. The zero-order valence-corrected chi connectivity index (χ0v) is 7.40. The molecular formula is C9H12Si. The minimum atomic E-state index is -0.776. The summed E-state index contributed by atoms with van der Waals surface area (Å²) in [5.74, 6) is 0. The van der Waals surface area contributed by atoms with Crippen LogP contribution in [0.15, 0.2) is 42.6 Å². The summed E-state index contributed by atoms with van der Waals surface area (Å²) < 4.78 is 0. The van der Waals surface area contributed by atoms with Crippen LogP contribution in [0.4, 0.5) is 0 Å². The van der Waals surface area contributed by atoms with E-state index in [1.807, 2.05) is 6.07 Å². The van der Waals surface area contributed by atoms with Crippen LogP contribution in [0.5, 0.6) is 0 Å². The Morgan fingerprint density at radius 2 is 1.90 bits per heavy atom. The summed E-state index contributed by atoms with van der Waals surface area (Å²) in [6.45, 7) is 6.08. The first kappa shape index (κ1) is 7.29. The van der Waals surface area contributed by atoms with Crippen LogP contribution in [0.1, 0.15) is 0 Å². The molecule has 0 saturated carbocycles. The molecule has 1 aromatic rings. The van der Waals surface area contributed by atoms with E-state index in [-0.39, 0.29) is 0 Å². The van der Waals surface area contributed by atoms with Gasteiger partial charge in [0, 0.05) is 0 Å². The first-order chi connectivity index (χ1) is 4.84. The van der Waals surface area contributed by atoms with Gasteiger partial charge in [-0.15, -0.1) is 12.3 Å². The summed E-state index contributed by atoms with van der Waals surface area (Å²) in [7, 11) is -0.776. The van der Waals surface area contributed by atoms with E-state index in [0.717, 1.165) is 0 Å². The van der Waals surface area contributed by atoms with Crippen LogP contribution >= 0.6 is 0 Å². The van der Waals surface area contributed by atoms with Gasteiger partial charge in [0.05, 0.1) is 8.80 Å². The van der Waals surface area contributed by atoms with Gasteiger partial charge in [-0.05, 0) is 0 Å². The molecule has 0 aromatic heterocycles. The Hall–Kier alpha value is -0.823. The summed E-state index contributed by atoms with van der Waals surface area (Å²) in [6.07, 6.45) is 0. The normalized spacial score (nSPS) is 12.5. The summed E-state index contributed by atoms with van der Waals surface area (Å²) in [5.41, 5.74) is 2.09. The molecule has 0 radical (unpaired) electrons. The van der Waals surface area contributed by atoms with Crippen molar-refractivity contribution >= 4 is 14.0 Å². The molecule has 0 aliphatic rings. The Kier molecular flexibility index (Phi) is 2.46. The van der Waals surface area contributed by atoms with Crippen molar-refractivity contribution in [3.05, 3.63) is 42.6 Å². The Balaban J connectivity index is 2.84. The maximum atomic E-state index is 3.80. The van der Waals surface area contributed by atoms with E-state index < -0.39 is 8.80 Å². The maximum absolute atomic E-state index is 3.80. The van der Waals surface area contributed by atoms with Crippen LogP contribution < -0.4 is 5.19 Å². The Bertz CT molecular complexity index is 203. The second-order valence-electron chi connectivity index (χ2n) is 2.44. The Labute approximate surface area is 63.8 Å². The highest BCUT2D eigenvalue weighted by atomic mass is 28.3. The summed E-state index contributed by atoms with van der Waals surface area (Å²) >= 11 is 0. The fourth-order valence-electron chi connectivity index (χ4n) is 0.893. The van der Waals surface area contributed by atoms with Crippen LogP contribution in [0.3, 0.4) is 0 Å². The lowest BCUT2D eigenvalue weighted by atomic mass is 10.4. The molecule has 0 saturated heterocycles. The SMILES string of the molecule is C=C[Si@@H](C)c1ccccc1. The van der Waals surface area contributed by atoms with E-state index >= 15 is 0 Å². The van der Waals surface area contributed by atoms with Crippen molar-refractivity contribution in [2.45, 2.75) is 6.55 Å². The van der Waals surface area contributed by atoms with Gasteiger partial charge in [0.15, 0.2) is 0 Å². The Morgan fingerprint density at radius 1 is 1.30 bits per heavy atom. The third-order valence-corrected chi connectivity index (χ3v) is 3.82. The number of rotatable bonds is 2. The lowest BCUT2D eigenvalue weighted by Gasteiger charge is -2.01. The number of hydrogen-bond acceptors (Lipinski definition) is 0. The predicted molar refractivity (Wildman–Crippen MR) is 49.3 cm³/mol. The molecule has 0 heterocycles. The lowest BCUT2D eigenvalue weighted by molar-refractivity contribution is 1.75. The van der Waals surface area contributed by atoms with Gasteiger partial charge >= 0.3 is 0 Å². The molecule has 0 nitrogen and oxygen atoms in total. The first-order valence-electron chi connectivity index (χ1n) is 3.52. The van der Waals surface area contributed by atoms with Crippen molar-refractivity contribution in [2.24, 2.45) is 0 Å². The number of benzene rings is 1. The lowest BCUT2D eigenvalue weighted by Crippen LogP contribution is -2.23. The Morgan fingerprint density at radius 3 is 2.40 bits per heavy atom.